The van der Waals surface area contributed by atoms with Gasteiger partial charge >= 0.3 is 0 Å². The summed E-state index contributed by atoms with van der Waals surface area (Å²) < 4.78 is 1.81. The molecule has 0 saturated carbocycles. The molecule has 1 amide bonds. The maximum Gasteiger partial charge on any atom is 0.257 e. The lowest BCUT2D eigenvalue weighted by molar-refractivity contribution is 0.0730. The molecule has 1 saturated heterocycles. The van der Waals surface area contributed by atoms with Gasteiger partial charge in [0, 0.05) is 23.8 Å². The Morgan fingerprint density at radius 2 is 2.24 bits per heavy atom. The molecule has 1 fully saturated rings. The minimum absolute atomic E-state index is 0.00730. The third kappa shape index (κ3) is 2.91. The molecule has 1 aliphatic rings. The highest BCUT2D eigenvalue weighted by Gasteiger charge is 2.33. The highest BCUT2D eigenvalue weighted by Crippen LogP contribution is 2.33. The van der Waals surface area contributed by atoms with E-state index in [1.54, 1.807) is 6.20 Å². The second kappa shape index (κ2) is 6.19. The minimum Gasteiger partial charge on any atom is -0.340 e. The van der Waals surface area contributed by atoms with Crippen LogP contribution in [0.25, 0.3) is 11.0 Å². The topological polar surface area (TPSA) is 66.8 Å². The van der Waals surface area contributed by atoms with E-state index in [1.807, 2.05) is 47.8 Å². The van der Waals surface area contributed by atoms with Gasteiger partial charge in [-0.05, 0) is 44.9 Å². The summed E-state index contributed by atoms with van der Waals surface area (Å²) >= 11 is 6.05. The van der Waals surface area contributed by atoms with E-state index in [1.165, 1.54) is 0 Å². The standard InChI is InChI=1S/C18H20ClN5O/c1-11(2)24-10-12(9-20-24)18(25)23-7-3-4-16(23)17-21-14-6-5-13(19)8-15(14)22-17/h5-6,8-11,16H,3-4,7H2,1-2H3,(H,21,22). The molecular formula is C18H20ClN5O. The number of hydrogen-bond donors (Lipinski definition) is 1. The van der Waals surface area contributed by atoms with Crippen LogP contribution in [-0.4, -0.2) is 37.1 Å². The summed E-state index contributed by atoms with van der Waals surface area (Å²) in [5.41, 5.74) is 2.39. The zero-order valence-electron chi connectivity index (χ0n) is 14.2. The van der Waals surface area contributed by atoms with Crippen molar-refractivity contribution < 1.29 is 4.79 Å². The number of carbonyl (C=O) groups is 1. The molecule has 3 aromatic rings. The number of rotatable bonds is 3. The first-order valence-electron chi connectivity index (χ1n) is 8.53. The van der Waals surface area contributed by atoms with Crippen LogP contribution in [0.5, 0.6) is 0 Å². The number of imidazole rings is 1. The van der Waals surface area contributed by atoms with E-state index < -0.39 is 0 Å². The van der Waals surface area contributed by atoms with Crippen molar-refractivity contribution in [2.24, 2.45) is 0 Å². The summed E-state index contributed by atoms with van der Waals surface area (Å²) in [5.74, 6) is 0.826. The maximum absolute atomic E-state index is 12.9. The van der Waals surface area contributed by atoms with E-state index in [4.69, 9.17) is 11.6 Å². The van der Waals surface area contributed by atoms with Gasteiger partial charge < -0.3 is 9.88 Å². The summed E-state index contributed by atoms with van der Waals surface area (Å²) in [5, 5.41) is 4.95. The second-order valence-corrected chi connectivity index (χ2v) is 7.18. The Labute approximate surface area is 150 Å². The predicted octanol–water partition coefficient (Wildman–Crippen LogP) is 3.97. The molecule has 1 N–H and O–H groups in total. The number of nitrogens with zero attached hydrogens (tertiary/aromatic N) is 4. The molecule has 1 atom stereocenters. The van der Waals surface area contributed by atoms with Gasteiger partial charge in [-0.2, -0.15) is 5.10 Å². The second-order valence-electron chi connectivity index (χ2n) is 6.74. The molecule has 7 heteroatoms. The lowest BCUT2D eigenvalue weighted by Gasteiger charge is -2.22. The molecule has 25 heavy (non-hydrogen) atoms. The number of aromatic amines is 1. The normalized spacial score (nSPS) is 17.8. The van der Waals surface area contributed by atoms with E-state index in [0.717, 1.165) is 36.2 Å². The summed E-state index contributed by atoms with van der Waals surface area (Å²) in [6.07, 6.45) is 5.33. The quantitative estimate of drug-likeness (QED) is 0.771. The van der Waals surface area contributed by atoms with E-state index in [9.17, 15) is 4.79 Å². The Hall–Kier alpha value is -2.34. The summed E-state index contributed by atoms with van der Waals surface area (Å²) in [7, 11) is 0. The summed E-state index contributed by atoms with van der Waals surface area (Å²) in [4.78, 5) is 22.8. The fraction of sp³-hybridized carbons (Fsp3) is 0.389. The molecule has 1 unspecified atom stereocenters. The van der Waals surface area contributed by atoms with Gasteiger partial charge in [-0.15, -0.1) is 0 Å². The summed E-state index contributed by atoms with van der Waals surface area (Å²) in [6, 6.07) is 5.77. The van der Waals surface area contributed by atoms with Crippen molar-refractivity contribution >= 4 is 28.5 Å². The Morgan fingerprint density at radius 3 is 3.00 bits per heavy atom. The van der Waals surface area contributed by atoms with Crippen LogP contribution in [0, 0.1) is 0 Å². The lowest BCUT2D eigenvalue weighted by atomic mass is 10.2. The number of benzene rings is 1. The van der Waals surface area contributed by atoms with Crippen LogP contribution in [0.15, 0.2) is 30.6 Å². The fourth-order valence-electron chi connectivity index (χ4n) is 3.35. The van der Waals surface area contributed by atoms with Crippen LogP contribution < -0.4 is 0 Å². The number of likely N-dealkylation sites (tertiary alicyclic amines) is 1. The van der Waals surface area contributed by atoms with Gasteiger partial charge in [0.15, 0.2) is 0 Å². The lowest BCUT2D eigenvalue weighted by Crippen LogP contribution is -2.30. The number of carbonyl (C=O) groups excluding carboxylic acids is 1. The van der Waals surface area contributed by atoms with Crippen molar-refractivity contribution in [3.8, 4) is 0 Å². The first-order valence-corrected chi connectivity index (χ1v) is 8.91. The van der Waals surface area contributed by atoms with Crippen LogP contribution in [0.4, 0.5) is 0 Å². The van der Waals surface area contributed by atoms with E-state index in [0.29, 0.717) is 10.6 Å². The zero-order valence-corrected chi connectivity index (χ0v) is 15.0. The van der Waals surface area contributed by atoms with Crippen LogP contribution in [0.3, 0.4) is 0 Å². The van der Waals surface area contributed by atoms with Crippen LogP contribution in [0.1, 0.15) is 55.0 Å². The molecule has 6 nitrogen and oxygen atoms in total. The van der Waals surface area contributed by atoms with Gasteiger partial charge in [-0.3, -0.25) is 9.48 Å². The number of aromatic nitrogens is 4. The smallest absolute Gasteiger partial charge is 0.257 e. The van der Waals surface area contributed by atoms with Crippen LogP contribution in [0.2, 0.25) is 5.02 Å². The summed E-state index contributed by atoms with van der Waals surface area (Å²) in [6.45, 7) is 4.81. The molecule has 0 aliphatic carbocycles. The van der Waals surface area contributed by atoms with Gasteiger partial charge in [0.1, 0.15) is 5.82 Å². The first-order chi connectivity index (χ1) is 12.0. The Bertz CT molecular complexity index is 929. The van der Waals surface area contributed by atoms with Gasteiger partial charge in [-0.1, -0.05) is 11.6 Å². The van der Waals surface area contributed by atoms with Crippen molar-refractivity contribution in [3.63, 3.8) is 0 Å². The predicted molar refractivity (Wildman–Crippen MR) is 96.7 cm³/mol. The third-order valence-corrected chi connectivity index (χ3v) is 4.90. The van der Waals surface area contributed by atoms with Crippen molar-refractivity contribution in [3.05, 3.63) is 47.0 Å². The van der Waals surface area contributed by atoms with Crippen molar-refractivity contribution in [1.82, 2.24) is 24.6 Å². The average Bonchev–Trinajstić information content (AvgIpc) is 3.31. The Kier molecular flexibility index (Phi) is 4.00. The van der Waals surface area contributed by atoms with Crippen LogP contribution >= 0.6 is 11.6 Å². The third-order valence-electron chi connectivity index (χ3n) is 4.67. The molecular weight excluding hydrogens is 338 g/mol. The van der Waals surface area contributed by atoms with E-state index in [2.05, 4.69) is 15.1 Å². The number of H-pyrrole nitrogens is 1. The Morgan fingerprint density at radius 1 is 1.40 bits per heavy atom. The van der Waals surface area contributed by atoms with Gasteiger partial charge in [0.25, 0.3) is 5.91 Å². The number of hydrogen-bond acceptors (Lipinski definition) is 3. The van der Waals surface area contributed by atoms with Gasteiger partial charge in [0.05, 0.1) is 28.8 Å². The fourth-order valence-corrected chi connectivity index (χ4v) is 3.52. The molecule has 0 spiro atoms. The SMILES string of the molecule is CC(C)n1cc(C(=O)N2CCCC2c2nc3ccc(Cl)cc3[nH]2)cn1. The highest BCUT2D eigenvalue weighted by molar-refractivity contribution is 6.31. The van der Waals surface area contributed by atoms with E-state index >= 15 is 0 Å². The minimum atomic E-state index is -0.0407. The molecule has 1 aromatic carbocycles. The molecule has 0 bridgehead atoms. The van der Waals surface area contributed by atoms with Gasteiger partial charge in [-0.25, -0.2) is 4.98 Å². The van der Waals surface area contributed by atoms with Crippen molar-refractivity contribution in [2.75, 3.05) is 6.54 Å². The number of amides is 1. The molecule has 4 rings (SSSR count). The number of halogens is 1. The van der Waals surface area contributed by atoms with Gasteiger partial charge in [0.2, 0.25) is 0 Å². The molecule has 130 valence electrons. The maximum atomic E-state index is 12.9. The zero-order chi connectivity index (χ0) is 17.6. The van der Waals surface area contributed by atoms with Crippen LogP contribution in [-0.2, 0) is 0 Å². The largest absolute Gasteiger partial charge is 0.340 e. The number of fused-ring (bicyclic) bond motifs is 1. The molecule has 3 heterocycles. The van der Waals surface area contributed by atoms with Crippen molar-refractivity contribution in [2.45, 2.75) is 38.8 Å². The number of nitrogens with one attached hydrogen (secondary N) is 1. The molecule has 1 aliphatic heterocycles. The molecule has 2 aromatic heterocycles. The Balaban J connectivity index is 1.63. The monoisotopic (exact) mass is 357 g/mol. The first kappa shape index (κ1) is 16.1. The highest BCUT2D eigenvalue weighted by atomic mass is 35.5. The average molecular weight is 358 g/mol. The van der Waals surface area contributed by atoms with E-state index in [-0.39, 0.29) is 18.0 Å². The molecule has 0 radical (unpaired) electrons. The van der Waals surface area contributed by atoms with Crippen molar-refractivity contribution in [1.29, 1.82) is 0 Å².